The van der Waals surface area contributed by atoms with Gasteiger partial charge in [0, 0.05) is 0 Å². The Morgan fingerprint density at radius 2 is 1.21 bits per heavy atom. The molecule has 2 aliphatic rings. The Labute approximate surface area is 186 Å². The fourth-order valence-corrected chi connectivity index (χ4v) is 7.60. The molecule has 172 valence electrons. The minimum Gasteiger partial charge on any atom is -0.616 e. The van der Waals surface area contributed by atoms with Crippen molar-refractivity contribution in [1.82, 2.24) is 0 Å². The molecule has 1 nitrogen and oxygen atoms in total. The minimum atomic E-state index is -0.650. The summed E-state index contributed by atoms with van der Waals surface area (Å²) in [6.45, 7) is 4.59. The van der Waals surface area contributed by atoms with Crippen LogP contribution in [0.15, 0.2) is 0 Å². The van der Waals surface area contributed by atoms with E-state index < -0.39 is 11.2 Å². The summed E-state index contributed by atoms with van der Waals surface area (Å²) in [5, 5.41) is 0. The van der Waals surface area contributed by atoms with Crippen molar-refractivity contribution in [2.24, 2.45) is 17.8 Å². The molecule has 0 spiro atoms. The van der Waals surface area contributed by atoms with Crippen LogP contribution in [-0.2, 0) is 11.2 Å². The zero-order valence-corrected chi connectivity index (χ0v) is 21.0. The van der Waals surface area contributed by atoms with Gasteiger partial charge in [0.2, 0.25) is 0 Å². The fourth-order valence-electron chi connectivity index (χ4n) is 6.35. The van der Waals surface area contributed by atoms with Gasteiger partial charge in [0.1, 0.15) is 4.75 Å². The highest BCUT2D eigenvalue weighted by atomic mass is 32.2. The smallest absolute Gasteiger partial charge is 0.125 e. The molecule has 2 heteroatoms. The highest BCUT2D eigenvalue weighted by molar-refractivity contribution is 7.92. The summed E-state index contributed by atoms with van der Waals surface area (Å²) in [5.74, 6) is 2.96. The molecule has 1 atom stereocenters. The second-order valence-corrected chi connectivity index (χ2v) is 12.4. The van der Waals surface area contributed by atoms with Crippen molar-refractivity contribution in [1.29, 1.82) is 0 Å². The van der Waals surface area contributed by atoms with E-state index in [9.17, 15) is 4.55 Å². The Morgan fingerprint density at radius 3 is 1.76 bits per heavy atom. The maximum absolute atomic E-state index is 12.6. The summed E-state index contributed by atoms with van der Waals surface area (Å²) in [5.41, 5.74) is 0. The Morgan fingerprint density at radius 1 is 0.690 bits per heavy atom. The van der Waals surface area contributed by atoms with E-state index >= 15 is 0 Å². The molecule has 29 heavy (non-hydrogen) atoms. The second-order valence-electron chi connectivity index (χ2n) is 10.6. The van der Waals surface area contributed by atoms with Gasteiger partial charge in [0.15, 0.2) is 0 Å². The van der Waals surface area contributed by atoms with Crippen LogP contribution in [-0.4, -0.2) is 15.6 Å². The van der Waals surface area contributed by atoms with Crippen LogP contribution in [0.1, 0.15) is 142 Å². The summed E-state index contributed by atoms with van der Waals surface area (Å²) < 4.78 is 12.8. The second kappa shape index (κ2) is 14.4. The monoisotopic (exact) mass is 424 g/mol. The van der Waals surface area contributed by atoms with Crippen molar-refractivity contribution in [3.8, 4) is 0 Å². The molecular formula is C27H52OS. The van der Waals surface area contributed by atoms with Crippen molar-refractivity contribution < 1.29 is 4.55 Å². The third-order valence-corrected chi connectivity index (χ3v) is 10.4. The van der Waals surface area contributed by atoms with Gasteiger partial charge in [0.05, 0.1) is 6.26 Å². The highest BCUT2D eigenvalue weighted by Gasteiger charge is 2.44. The van der Waals surface area contributed by atoms with Gasteiger partial charge >= 0.3 is 0 Å². The van der Waals surface area contributed by atoms with Crippen LogP contribution in [0.5, 0.6) is 0 Å². The Kier molecular flexibility index (Phi) is 12.7. The van der Waals surface area contributed by atoms with E-state index in [1.807, 2.05) is 6.26 Å². The summed E-state index contributed by atoms with van der Waals surface area (Å²) in [6, 6.07) is 0. The van der Waals surface area contributed by atoms with E-state index in [1.54, 1.807) is 0 Å². The molecule has 0 aromatic rings. The highest BCUT2D eigenvalue weighted by Crippen LogP contribution is 2.47. The number of hydrogen-bond donors (Lipinski definition) is 0. The summed E-state index contributed by atoms with van der Waals surface area (Å²) in [6.07, 6.45) is 29.8. The summed E-state index contributed by atoms with van der Waals surface area (Å²) in [7, 11) is 0. The molecule has 0 aliphatic heterocycles. The Bertz CT molecular complexity index is 391. The van der Waals surface area contributed by atoms with Gasteiger partial charge in [-0.3, -0.25) is 0 Å². The molecular weight excluding hydrogens is 372 g/mol. The van der Waals surface area contributed by atoms with Gasteiger partial charge in [0.25, 0.3) is 0 Å². The van der Waals surface area contributed by atoms with Crippen LogP contribution in [0.25, 0.3) is 0 Å². The molecule has 0 aromatic heterocycles. The van der Waals surface area contributed by atoms with Gasteiger partial charge < -0.3 is 4.55 Å². The molecule has 0 aromatic carbocycles. The van der Waals surface area contributed by atoms with E-state index in [4.69, 9.17) is 0 Å². The Balaban J connectivity index is 1.66. The first-order valence-electron chi connectivity index (χ1n) is 13.4. The zero-order chi connectivity index (χ0) is 21.0. The van der Waals surface area contributed by atoms with Gasteiger partial charge in [-0.25, -0.2) is 0 Å². The van der Waals surface area contributed by atoms with Crippen LogP contribution < -0.4 is 0 Å². The van der Waals surface area contributed by atoms with Crippen molar-refractivity contribution in [2.45, 2.75) is 147 Å². The van der Waals surface area contributed by atoms with Gasteiger partial charge in [-0.05, 0) is 69.1 Å². The van der Waals surface area contributed by atoms with Crippen molar-refractivity contribution in [3.63, 3.8) is 0 Å². The van der Waals surface area contributed by atoms with E-state index in [0.717, 1.165) is 17.8 Å². The molecule has 0 saturated heterocycles. The Hall–Kier alpha value is 0.310. The van der Waals surface area contributed by atoms with Crippen molar-refractivity contribution >= 4 is 11.2 Å². The largest absolute Gasteiger partial charge is 0.616 e. The lowest BCUT2D eigenvalue weighted by Gasteiger charge is -2.43. The number of rotatable bonds is 14. The lowest BCUT2D eigenvalue weighted by molar-refractivity contribution is 0.145. The van der Waals surface area contributed by atoms with Crippen LogP contribution in [0.2, 0.25) is 0 Å². The average Bonchev–Trinajstić information content (AvgIpc) is 2.74. The zero-order valence-electron chi connectivity index (χ0n) is 20.2. The maximum Gasteiger partial charge on any atom is 0.125 e. The third kappa shape index (κ3) is 8.76. The van der Waals surface area contributed by atoms with Gasteiger partial charge in [-0.2, -0.15) is 0 Å². The van der Waals surface area contributed by atoms with E-state index in [2.05, 4.69) is 13.8 Å². The van der Waals surface area contributed by atoms with Crippen molar-refractivity contribution in [3.05, 3.63) is 0 Å². The molecule has 0 bridgehead atoms. The predicted octanol–water partition coefficient (Wildman–Crippen LogP) is 8.82. The molecule has 0 radical (unpaired) electrons. The molecule has 0 amide bonds. The summed E-state index contributed by atoms with van der Waals surface area (Å²) in [4.78, 5) is 0. The van der Waals surface area contributed by atoms with E-state index in [1.165, 1.54) is 128 Å². The summed E-state index contributed by atoms with van der Waals surface area (Å²) >= 11 is -0.650. The van der Waals surface area contributed by atoms with Crippen LogP contribution in [0.3, 0.4) is 0 Å². The lowest BCUT2D eigenvalue weighted by Crippen LogP contribution is -2.43. The molecule has 2 rings (SSSR count). The first-order chi connectivity index (χ1) is 14.1. The first kappa shape index (κ1) is 25.6. The molecule has 1 unspecified atom stereocenters. The van der Waals surface area contributed by atoms with Gasteiger partial charge in [-0.15, -0.1) is 0 Å². The van der Waals surface area contributed by atoms with E-state index in [-0.39, 0.29) is 4.75 Å². The quantitative estimate of drug-likeness (QED) is 0.202. The normalized spacial score (nSPS) is 31.7. The minimum absolute atomic E-state index is 0.165. The molecule has 0 heterocycles. The van der Waals surface area contributed by atoms with Gasteiger partial charge in [-0.1, -0.05) is 102 Å². The average molecular weight is 425 g/mol. The van der Waals surface area contributed by atoms with Crippen molar-refractivity contribution in [2.75, 3.05) is 6.26 Å². The fraction of sp³-hybridized carbons (Fsp3) is 1.00. The number of hydrogen-bond acceptors (Lipinski definition) is 1. The SMILES string of the molecule is CCCCCCCC1CCC(C2CCC(CCCCCCC)([S+](C)[O-])CC2)CC1. The molecule has 2 saturated carbocycles. The third-order valence-electron chi connectivity index (χ3n) is 8.56. The topological polar surface area (TPSA) is 23.1 Å². The molecule has 2 aliphatic carbocycles. The molecule has 2 fully saturated rings. The standard InChI is InChI=1S/C27H52OS/c1-4-6-8-10-12-14-24-15-17-25(18-16-24)26-19-22-27(23-20-26,29(3)28)21-13-11-9-7-5-2/h24-26H,4-23H2,1-3H3. The van der Waals surface area contributed by atoms with Crippen LogP contribution in [0.4, 0.5) is 0 Å². The van der Waals surface area contributed by atoms with Crippen LogP contribution >= 0.6 is 0 Å². The maximum atomic E-state index is 12.6. The first-order valence-corrected chi connectivity index (χ1v) is 15.0. The number of unbranched alkanes of at least 4 members (excludes halogenated alkanes) is 8. The molecule has 0 N–H and O–H groups in total. The predicted molar refractivity (Wildman–Crippen MR) is 131 cm³/mol. The van der Waals surface area contributed by atoms with Crippen LogP contribution in [0, 0.1) is 17.8 Å². The lowest BCUT2D eigenvalue weighted by atomic mass is 9.68. The van der Waals surface area contributed by atoms with E-state index in [0.29, 0.717) is 0 Å².